The van der Waals surface area contributed by atoms with Crippen molar-refractivity contribution in [2.45, 2.75) is 31.8 Å². The Labute approximate surface area is 172 Å². The largest absolute Gasteiger partial charge is 0.489 e. The van der Waals surface area contributed by atoms with Gasteiger partial charge in [-0.3, -0.25) is 14.9 Å². The molecule has 8 nitrogen and oxygen atoms in total. The molecule has 1 aliphatic heterocycles. The summed E-state index contributed by atoms with van der Waals surface area (Å²) in [4.78, 5) is 23.4. The molecular formula is C20H20ClN3O5. The predicted molar refractivity (Wildman–Crippen MR) is 108 cm³/mol. The number of nitrogens with zero attached hydrogens (tertiary/aromatic N) is 1. The standard InChI is InChI=1S/C20H20ClN3O5/c21-15-8-12(9-18-19(15)29-7-1-6-28-18)11-22-20(25)13-2-5-16(23-14-3-4-14)17(10-13)24(26)27/h2,5,8-10,14,23H,1,3-4,6-7,11H2,(H,22,25). The normalized spacial score (nSPS) is 15.3. The molecule has 2 aromatic carbocycles. The van der Waals surface area contributed by atoms with Crippen LogP contribution in [-0.4, -0.2) is 30.1 Å². The third-order valence-corrected chi connectivity index (χ3v) is 4.99. The van der Waals surface area contributed by atoms with Crippen LogP contribution in [0.2, 0.25) is 5.02 Å². The number of halogens is 1. The third kappa shape index (κ3) is 4.54. The Balaban J connectivity index is 1.47. The molecule has 9 heteroatoms. The maximum atomic E-state index is 12.5. The highest BCUT2D eigenvalue weighted by Gasteiger charge is 2.25. The van der Waals surface area contributed by atoms with Crippen molar-refractivity contribution in [3.63, 3.8) is 0 Å². The van der Waals surface area contributed by atoms with Crippen LogP contribution in [0.3, 0.4) is 0 Å². The number of anilines is 1. The van der Waals surface area contributed by atoms with E-state index in [0.717, 1.165) is 24.8 Å². The van der Waals surface area contributed by atoms with Crippen molar-refractivity contribution in [2.75, 3.05) is 18.5 Å². The lowest BCUT2D eigenvalue weighted by molar-refractivity contribution is -0.384. The first-order valence-electron chi connectivity index (χ1n) is 9.42. The van der Waals surface area contributed by atoms with Crippen LogP contribution in [0.15, 0.2) is 30.3 Å². The minimum absolute atomic E-state index is 0.108. The summed E-state index contributed by atoms with van der Waals surface area (Å²) in [6.45, 7) is 1.27. The van der Waals surface area contributed by atoms with E-state index in [1.54, 1.807) is 24.3 Å². The van der Waals surface area contributed by atoms with Gasteiger partial charge in [-0.1, -0.05) is 11.6 Å². The summed E-state index contributed by atoms with van der Waals surface area (Å²) in [5, 5.41) is 17.7. The van der Waals surface area contributed by atoms with E-state index in [4.69, 9.17) is 21.1 Å². The number of amides is 1. The minimum Gasteiger partial charge on any atom is -0.489 e. The molecule has 1 saturated carbocycles. The molecule has 1 heterocycles. The zero-order chi connectivity index (χ0) is 20.4. The first-order chi connectivity index (χ1) is 14.0. The van der Waals surface area contributed by atoms with Crippen LogP contribution in [0.1, 0.15) is 35.2 Å². The van der Waals surface area contributed by atoms with Crippen molar-refractivity contribution < 1.29 is 19.2 Å². The number of carbonyl (C=O) groups is 1. The first-order valence-corrected chi connectivity index (χ1v) is 9.80. The van der Waals surface area contributed by atoms with Crippen molar-refractivity contribution in [3.8, 4) is 11.5 Å². The average molecular weight is 418 g/mol. The lowest BCUT2D eigenvalue weighted by atomic mass is 10.1. The SMILES string of the molecule is O=C(NCc1cc(Cl)c2c(c1)OCCCO2)c1ccc(NC2CC2)c([N+](=O)[O-])c1. The van der Waals surface area contributed by atoms with E-state index in [1.807, 2.05) is 0 Å². The Kier molecular flexibility index (Phi) is 5.44. The predicted octanol–water partition coefficient (Wildman–Crippen LogP) is 3.91. The number of fused-ring (bicyclic) bond motifs is 1. The molecule has 0 aromatic heterocycles. The van der Waals surface area contributed by atoms with Crippen LogP contribution in [0.25, 0.3) is 0 Å². The van der Waals surface area contributed by atoms with Crippen LogP contribution in [0.4, 0.5) is 11.4 Å². The van der Waals surface area contributed by atoms with Gasteiger partial charge in [-0.25, -0.2) is 0 Å². The maximum Gasteiger partial charge on any atom is 0.293 e. The number of hydrogen-bond donors (Lipinski definition) is 2. The van der Waals surface area contributed by atoms with Gasteiger partial charge in [0.2, 0.25) is 0 Å². The third-order valence-electron chi connectivity index (χ3n) is 4.71. The number of nitro groups is 1. The minimum atomic E-state index is -0.481. The number of ether oxygens (including phenoxy) is 2. The van der Waals surface area contributed by atoms with Gasteiger partial charge in [0.1, 0.15) is 5.69 Å². The molecule has 1 fully saturated rings. The lowest BCUT2D eigenvalue weighted by Gasteiger charge is -2.12. The fourth-order valence-corrected chi connectivity index (χ4v) is 3.35. The van der Waals surface area contributed by atoms with Gasteiger partial charge in [-0.15, -0.1) is 0 Å². The van der Waals surface area contributed by atoms with Gasteiger partial charge in [0.15, 0.2) is 11.5 Å². The van der Waals surface area contributed by atoms with E-state index in [9.17, 15) is 14.9 Å². The monoisotopic (exact) mass is 417 g/mol. The molecule has 1 amide bonds. The molecule has 0 spiro atoms. The van der Waals surface area contributed by atoms with Crippen molar-refractivity contribution >= 4 is 28.9 Å². The topological polar surface area (TPSA) is 103 Å². The second-order valence-electron chi connectivity index (χ2n) is 7.05. The molecule has 0 atom stereocenters. The summed E-state index contributed by atoms with van der Waals surface area (Å²) in [6, 6.07) is 8.21. The number of carbonyl (C=O) groups excluding carboxylic acids is 1. The Morgan fingerprint density at radius 1 is 1.21 bits per heavy atom. The van der Waals surface area contributed by atoms with Crippen molar-refractivity contribution in [2.24, 2.45) is 0 Å². The number of rotatable bonds is 6. The van der Waals surface area contributed by atoms with Gasteiger partial charge < -0.3 is 20.1 Å². The molecular weight excluding hydrogens is 398 g/mol. The lowest BCUT2D eigenvalue weighted by Crippen LogP contribution is -2.23. The Bertz CT molecular complexity index is 961. The van der Waals surface area contributed by atoms with Crippen molar-refractivity contribution in [1.82, 2.24) is 5.32 Å². The van der Waals surface area contributed by atoms with E-state index in [2.05, 4.69) is 10.6 Å². The highest BCUT2D eigenvalue weighted by atomic mass is 35.5. The summed E-state index contributed by atoms with van der Waals surface area (Å²) in [5.74, 6) is 0.647. The Morgan fingerprint density at radius 3 is 2.76 bits per heavy atom. The summed E-state index contributed by atoms with van der Waals surface area (Å²) in [5.41, 5.74) is 1.29. The summed E-state index contributed by atoms with van der Waals surface area (Å²) >= 11 is 6.27. The Hall–Kier alpha value is -3.00. The van der Waals surface area contributed by atoms with E-state index >= 15 is 0 Å². The quantitative estimate of drug-likeness (QED) is 0.545. The van der Waals surface area contributed by atoms with Crippen molar-refractivity contribution in [1.29, 1.82) is 0 Å². The zero-order valence-corrected chi connectivity index (χ0v) is 16.3. The summed E-state index contributed by atoms with van der Waals surface area (Å²) < 4.78 is 11.2. The van der Waals surface area contributed by atoms with E-state index in [0.29, 0.717) is 35.4 Å². The highest BCUT2D eigenvalue weighted by Crippen LogP contribution is 2.38. The van der Waals surface area contributed by atoms with E-state index in [1.165, 1.54) is 6.07 Å². The van der Waals surface area contributed by atoms with Crippen LogP contribution >= 0.6 is 11.6 Å². The fourth-order valence-electron chi connectivity index (χ4n) is 3.06. The van der Waals surface area contributed by atoms with Gasteiger partial charge in [-0.05, 0) is 42.7 Å². The fraction of sp³-hybridized carbons (Fsp3) is 0.350. The molecule has 152 valence electrons. The number of nitro benzene ring substituents is 1. The van der Waals surface area contributed by atoms with Crippen LogP contribution < -0.4 is 20.1 Å². The molecule has 2 N–H and O–H groups in total. The Morgan fingerprint density at radius 2 is 2.00 bits per heavy atom. The molecule has 0 bridgehead atoms. The van der Waals surface area contributed by atoms with E-state index < -0.39 is 10.8 Å². The first kappa shape index (κ1) is 19.3. The summed E-state index contributed by atoms with van der Waals surface area (Å²) in [7, 11) is 0. The van der Waals surface area contributed by atoms with Gasteiger partial charge in [0.25, 0.3) is 11.6 Å². The van der Waals surface area contributed by atoms with Crippen LogP contribution in [0, 0.1) is 10.1 Å². The van der Waals surface area contributed by atoms with Gasteiger partial charge >= 0.3 is 0 Å². The molecule has 0 unspecified atom stereocenters. The molecule has 2 aliphatic rings. The van der Waals surface area contributed by atoms with Crippen LogP contribution in [0.5, 0.6) is 11.5 Å². The number of benzene rings is 2. The average Bonchev–Trinajstić information content (AvgIpc) is 3.53. The zero-order valence-electron chi connectivity index (χ0n) is 15.6. The highest BCUT2D eigenvalue weighted by molar-refractivity contribution is 6.32. The smallest absolute Gasteiger partial charge is 0.293 e. The second-order valence-corrected chi connectivity index (χ2v) is 7.45. The molecule has 0 saturated heterocycles. The van der Waals surface area contributed by atoms with Crippen molar-refractivity contribution in [3.05, 3.63) is 56.6 Å². The maximum absolute atomic E-state index is 12.5. The molecule has 29 heavy (non-hydrogen) atoms. The van der Waals surface area contributed by atoms with E-state index in [-0.39, 0.29) is 23.8 Å². The van der Waals surface area contributed by atoms with Gasteiger partial charge in [0.05, 0.1) is 23.2 Å². The number of hydrogen-bond acceptors (Lipinski definition) is 6. The second kappa shape index (κ2) is 8.16. The van der Waals surface area contributed by atoms with Gasteiger partial charge in [-0.2, -0.15) is 0 Å². The molecule has 2 aromatic rings. The molecule has 1 aliphatic carbocycles. The van der Waals surface area contributed by atoms with Crippen LogP contribution in [-0.2, 0) is 6.54 Å². The molecule has 4 rings (SSSR count). The molecule has 0 radical (unpaired) electrons. The summed E-state index contributed by atoms with van der Waals surface area (Å²) in [6.07, 6.45) is 2.76. The number of nitrogens with one attached hydrogen (secondary N) is 2. The van der Waals surface area contributed by atoms with Gasteiger partial charge in [0, 0.05) is 30.6 Å².